The maximum atomic E-state index is 5.16. The van der Waals surface area contributed by atoms with Crippen LogP contribution in [0.5, 0.6) is 0 Å². The lowest BCUT2D eigenvalue weighted by molar-refractivity contribution is 0.170. The van der Waals surface area contributed by atoms with E-state index in [1.807, 2.05) is 13.1 Å². The molecule has 3 heteroatoms. The molecule has 0 saturated heterocycles. The van der Waals surface area contributed by atoms with Crippen LogP contribution in [0.1, 0.15) is 37.6 Å². The summed E-state index contributed by atoms with van der Waals surface area (Å²) >= 11 is 0. The summed E-state index contributed by atoms with van der Waals surface area (Å²) in [6.07, 6.45) is 2.95. The molecule has 96 valence electrons. The van der Waals surface area contributed by atoms with E-state index >= 15 is 0 Å². The minimum Gasteiger partial charge on any atom is -0.385 e. The number of aryl methyl sites for hydroxylation is 1. The number of nitrogens with zero attached hydrogens (tertiary/aromatic N) is 1. The van der Waals surface area contributed by atoms with Gasteiger partial charge in [-0.15, -0.1) is 0 Å². The van der Waals surface area contributed by atoms with Crippen molar-refractivity contribution in [1.82, 2.24) is 10.3 Å². The summed E-state index contributed by atoms with van der Waals surface area (Å²) in [6.45, 7) is 8.23. The summed E-state index contributed by atoms with van der Waals surface area (Å²) in [7, 11) is 1.76. The zero-order valence-electron chi connectivity index (χ0n) is 11.4. The first-order valence-electron chi connectivity index (χ1n) is 6.34. The minimum absolute atomic E-state index is 0.386. The molecule has 1 rings (SSSR count). The highest BCUT2D eigenvalue weighted by Gasteiger charge is 2.18. The Hall–Kier alpha value is -0.930. The number of nitrogens with one attached hydrogen (secondary N) is 1. The van der Waals surface area contributed by atoms with Gasteiger partial charge in [0.25, 0.3) is 0 Å². The highest BCUT2D eigenvalue weighted by Crippen LogP contribution is 2.24. The molecule has 17 heavy (non-hydrogen) atoms. The lowest BCUT2D eigenvalue weighted by atomic mass is 9.92. The lowest BCUT2D eigenvalue weighted by Crippen LogP contribution is -2.27. The van der Waals surface area contributed by atoms with Crippen molar-refractivity contribution in [3.63, 3.8) is 0 Å². The highest BCUT2D eigenvalue weighted by atomic mass is 16.5. The van der Waals surface area contributed by atoms with E-state index in [0.717, 1.165) is 25.3 Å². The third-order valence-corrected chi connectivity index (χ3v) is 3.05. The molecule has 0 spiro atoms. The van der Waals surface area contributed by atoms with Crippen LogP contribution in [0, 0.1) is 12.8 Å². The average molecular weight is 236 g/mol. The Morgan fingerprint density at radius 1 is 1.47 bits per heavy atom. The zero-order chi connectivity index (χ0) is 12.7. The molecule has 0 bridgehead atoms. The smallest absolute Gasteiger partial charge is 0.0465 e. The SMILES string of the molecule is CCNC(c1ccnc(C)c1)C(C)CCOC. The molecule has 0 saturated carbocycles. The van der Waals surface area contributed by atoms with Crippen molar-refractivity contribution in [3.05, 3.63) is 29.6 Å². The monoisotopic (exact) mass is 236 g/mol. The first-order chi connectivity index (χ1) is 8.19. The van der Waals surface area contributed by atoms with Gasteiger partial charge in [0.05, 0.1) is 0 Å². The van der Waals surface area contributed by atoms with Gasteiger partial charge in [0, 0.05) is 31.6 Å². The van der Waals surface area contributed by atoms with Gasteiger partial charge in [-0.3, -0.25) is 4.98 Å². The van der Waals surface area contributed by atoms with Crippen LogP contribution in [0.2, 0.25) is 0 Å². The number of hydrogen-bond donors (Lipinski definition) is 1. The van der Waals surface area contributed by atoms with Crippen LogP contribution in [0.4, 0.5) is 0 Å². The van der Waals surface area contributed by atoms with Gasteiger partial charge in [0.15, 0.2) is 0 Å². The Morgan fingerprint density at radius 2 is 2.24 bits per heavy atom. The molecular formula is C14H24N2O. The molecule has 1 aromatic heterocycles. The Balaban J connectivity index is 2.77. The predicted octanol–water partition coefficient (Wildman–Crippen LogP) is 2.71. The van der Waals surface area contributed by atoms with Crippen LogP contribution >= 0.6 is 0 Å². The molecule has 0 aromatic carbocycles. The standard InChI is InChI=1S/C14H24N2O/c1-5-15-14(11(2)7-9-17-4)13-6-8-16-12(3)10-13/h6,8,10-11,14-15H,5,7,9H2,1-4H3. The fourth-order valence-electron chi connectivity index (χ4n) is 2.10. The van der Waals surface area contributed by atoms with Crippen LogP contribution in [0.15, 0.2) is 18.3 Å². The molecule has 3 nitrogen and oxygen atoms in total. The summed E-state index contributed by atoms with van der Waals surface area (Å²) < 4.78 is 5.16. The summed E-state index contributed by atoms with van der Waals surface area (Å²) in [4.78, 5) is 4.25. The van der Waals surface area contributed by atoms with Crippen molar-refractivity contribution in [2.45, 2.75) is 33.2 Å². The Bertz CT molecular complexity index is 328. The molecule has 2 atom stereocenters. The first-order valence-corrected chi connectivity index (χ1v) is 6.34. The average Bonchev–Trinajstić information content (AvgIpc) is 2.33. The first kappa shape index (κ1) is 14.1. The molecule has 0 fully saturated rings. The van der Waals surface area contributed by atoms with Gasteiger partial charge in [0.1, 0.15) is 0 Å². The molecule has 0 aliphatic heterocycles. The molecule has 1 heterocycles. The summed E-state index contributed by atoms with van der Waals surface area (Å²) in [6, 6.07) is 4.65. The summed E-state index contributed by atoms with van der Waals surface area (Å²) in [5.74, 6) is 0.552. The Kier molecular flexibility index (Phi) is 6.16. The molecular weight excluding hydrogens is 212 g/mol. The van der Waals surface area contributed by atoms with Gasteiger partial charge in [-0.25, -0.2) is 0 Å². The highest BCUT2D eigenvalue weighted by molar-refractivity contribution is 5.20. The van der Waals surface area contributed by atoms with E-state index in [2.05, 4.69) is 36.3 Å². The van der Waals surface area contributed by atoms with E-state index in [4.69, 9.17) is 4.74 Å². The van der Waals surface area contributed by atoms with Crippen LogP contribution in [-0.2, 0) is 4.74 Å². The van der Waals surface area contributed by atoms with Gasteiger partial charge in [-0.05, 0) is 43.5 Å². The largest absolute Gasteiger partial charge is 0.385 e. The van der Waals surface area contributed by atoms with Crippen molar-refractivity contribution in [3.8, 4) is 0 Å². The molecule has 1 N–H and O–H groups in total. The van der Waals surface area contributed by atoms with Crippen molar-refractivity contribution in [1.29, 1.82) is 0 Å². The van der Waals surface area contributed by atoms with Gasteiger partial charge >= 0.3 is 0 Å². The Morgan fingerprint density at radius 3 is 2.82 bits per heavy atom. The normalized spacial score (nSPS) is 14.6. The van der Waals surface area contributed by atoms with Gasteiger partial charge in [-0.1, -0.05) is 13.8 Å². The van der Waals surface area contributed by atoms with Gasteiger partial charge in [0.2, 0.25) is 0 Å². The van der Waals surface area contributed by atoms with E-state index in [1.165, 1.54) is 5.56 Å². The minimum atomic E-state index is 0.386. The topological polar surface area (TPSA) is 34.2 Å². The summed E-state index contributed by atoms with van der Waals surface area (Å²) in [5.41, 5.74) is 2.40. The third-order valence-electron chi connectivity index (χ3n) is 3.05. The number of methoxy groups -OCH3 is 1. The predicted molar refractivity (Wildman–Crippen MR) is 71.0 cm³/mol. The van der Waals surface area contributed by atoms with Crippen LogP contribution in [-0.4, -0.2) is 25.2 Å². The maximum absolute atomic E-state index is 5.16. The molecule has 1 aromatic rings. The number of pyridine rings is 1. The maximum Gasteiger partial charge on any atom is 0.0465 e. The summed E-state index contributed by atoms with van der Waals surface area (Å²) in [5, 5.41) is 3.55. The lowest BCUT2D eigenvalue weighted by Gasteiger charge is -2.25. The van der Waals surface area contributed by atoms with Crippen molar-refractivity contribution in [2.24, 2.45) is 5.92 Å². The molecule has 2 unspecified atom stereocenters. The molecule has 0 aliphatic rings. The second-order valence-electron chi connectivity index (χ2n) is 4.52. The van der Waals surface area contributed by atoms with E-state index in [0.29, 0.717) is 12.0 Å². The third kappa shape index (κ3) is 4.44. The van der Waals surface area contributed by atoms with E-state index in [9.17, 15) is 0 Å². The fraction of sp³-hybridized carbons (Fsp3) is 0.643. The van der Waals surface area contributed by atoms with E-state index in [1.54, 1.807) is 7.11 Å². The van der Waals surface area contributed by atoms with Crippen molar-refractivity contribution in [2.75, 3.05) is 20.3 Å². The van der Waals surface area contributed by atoms with E-state index < -0.39 is 0 Å². The number of hydrogen-bond acceptors (Lipinski definition) is 3. The second kappa shape index (κ2) is 7.41. The second-order valence-corrected chi connectivity index (χ2v) is 4.52. The fourth-order valence-corrected chi connectivity index (χ4v) is 2.10. The van der Waals surface area contributed by atoms with Gasteiger partial charge in [-0.2, -0.15) is 0 Å². The van der Waals surface area contributed by atoms with Gasteiger partial charge < -0.3 is 10.1 Å². The van der Waals surface area contributed by atoms with Crippen LogP contribution in [0.3, 0.4) is 0 Å². The van der Waals surface area contributed by atoms with E-state index in [-0.39, 0.29) is 0 Å². The van der Waals surface area contributed by atoms with Crippen molar-refractivity contribution < 1.29 is 4.74 Å². The number of aromatic nitrogens is 1. The molecule has 0 radical (unpaired) electrons. The zero-order valence-corrected chi connectivity index (χ0v) is 11.4. The number of ether oxygens (including phenoxy) is 1. The molecule has 0 aliphatic carbocycles. The van der Waals surface area contributed by atoms with Crippen LogP contribution < -0.4 is 5.32 Å². The van der Waals surface area contributed by atoms with Crippen LogP contribution in [0.25, 0.3) is 0 Å². The quantitative estimate of drug-likeness (QED) is 0.790. The number of rotatable bonds is 7. The Labute approximate surface area is 105 Å². The molecule has 0 amide bonds. The van der Waals surface area contributed by atoms with Crippen molar-refractivity contribution >= 4 is 0 Å².